The van der Waals surface area contributed by atoms with Crippen LogP contribution >= 0.6 is 0 Å². The number of morpholine rings is 1. The molecule has 2 aliphatic rings. The van der Waals surface area contributed by atoms with Crippen LogP contribution in [0.1, 0.15) is 30.0 Å². The normalized spacial score (nSPS) is 18.8. The van der Waals surface area contributed by atoms with Gasteiger partial charge >= 0.3 is 0 Å². The number of aromatic amines is 1. The van der Waals surface area contributed by atoms with Crippen LogP contribution in [-0.4, -0.2) is 49.6 Å². The molecular weight excluding hydrogens is 348 g/mol. The van der Waals surface area contributed by atoms with Gasteiger partial charge in [0.2, 0.25) is 0 Å². The van der Waals surface area contributed by atoms with Crippen LogP contribution in [0.3, 0.4) is 0 Å². The molecule has 5 heteroatoms. The van der Waals surface area contributed by atoms with Crippen LogP contribution in [0, 0.1) is 6.92 Å². The minimum absolute atomic E-state index is 0.541. The molecule has 0 radical (unpaired) electrons. The average Bonchev–Trinajstić information content (AvgIpc) is 3.20. The lowest BCUT2D eigenvalue weighted by molar-refractivity contribution is 0.122. The zero-order valence-corrected chi connectivity index (χ0v) is 16.5. The van der Waals surface area contributed by atoms with E-state index in [1.165, 1.54) is 33.5 Å². The van der Waals surface area contributed by atoms with Crippen LogP contribution < -0.4 is 9.80 Å². The number of benzene rings is 2. The molecule has 5 rings (SSSR count). The summed E-state index contributed by atoms with van der Waals surface area (Å²) < 4.78 is 5.46. The molecule has 146 valence electrons. The van der Waals surface area contributed by atoms with Crippen molar-refractivity contribution in [3.8, 4) is 0 Å². The maximum Gasteiger partial charge on any atom is 0.0733 e. The van der Waals surface area contributed by atoms with Crippen molar-refractivity contribution in [3.63, 3.8) is 0 Å². The van der Waals surface area contributed by atoms with Crippen LogP contribution in [0.25, 0.3) is 10.9 Å². The van der Waals surface area contributed by atoms with Gasteiger partial charge in [-0.05, 0) is 49.6 Å². The lowest BCUT2D eigenvalue weighted by atomic mass is 9.91. The Kier molecular flexibility index (Phi) is 4.69. The fraction of sp³-hybridized carbons (Fsp3) is 0.435. The van der Waals surface area contributed by atoms with E-state index >= 15 is 0 Å². The second-order valence-corrected chi connectivity index (χ2v) is 7.98. The SMILES string of the molecule is Cc1cccc2c(C3CCN(c4ccc(N5CCOCC5)cc4)CC3)n[nH]c12. The number of fused-ring (bicyclic) bond motifs is 1. The monoisotopic (exact) mass is 376 g/mol. The first kappa shape index (κ1) is 17.6. The summed E-state index contributed by atoms with van der Waals surface area (Å²) in [5, 5.41) is 9.24. The summed E-state index contributed by atoms with van der Waals surface area (Å²) >= 11 is 0. The summed E-state index contributed by atoms with van der Waals surface area (Å²) in [6.07, 6.45) is 2.30. The molecule has 3 heterocycles. The van der Waals surface area contributed by atoms with E-state index in [-0.39, 0.29) is 0 Å². The molecule has 28 heavy (non-hydrogen) atoms. The number of hydrogen-bond acceptors (Lipinski definition) is 4. The molecule has 0 spiro atoms. The summed E-state index contributed by atoms with van der Waals surface area (Å²) in [6, 6.07) is 15.6. The molecule has 0 bridgehead atoms. The van der Waals surface area contributed by atoms with E-state index < -0.39 is 0 Å². The lowest BCUT2D eigenvalue weighted by Crippen LogP contribution is -2.36. The molecule has 1 N–H and O–H groups in total. The zero-order valence-electron chi connectivity index (χ0n) is 16.5. The van der Waals surface area contributed by atoms with Crippen molar-refractivity contribution in [3.05, 3.63) is 53.7 Å². The molecule has 2 aromatic carbocycles. The van der Waals surface area contributed by atoms with Crippen LogP contribution in [0.2, 0.25) is 0 Å². The molecule has 0 atom stereocenters. The summed E-state index contributed by atoms with van der Waals surface area (Å²) in [6.45, 7) is 7.95. The molecule has 2 saturated heterocycles. The van der Waals surface area contributed by atoms with Crippen molar-refractivity contribution in [2.75, 3.05) is 49.2 Å². The summed E-state index contributed by atoms with van der Waals surface area (Å²) in [7, 11) is 0. The average molecular weight is 377 g/mol. The molecule has 2 aliphatic heterocycles. The van der Waals surface area contributed by atoms with Gasteiger partial charge in [0.1, 0.15) is 0 Å². The van der Waals surface area contributed by atoms with E-state index in [1.54, 1.807) is 0 Å². The number of rotatable bonds is 3. The largest absolute Gasteiger partial charge is 0.378 e. The number of para-hydroxylation sites is 1. The minimum atomic E-state index is 0.541. The molecule has 0 unspecified atom stereocenters. The Morgan fingerprint density at radius 3 is 2.21 bits per heavy atom. The highest BCUT2D eigenvalue weighted by atomic mass is 16.5. The van der Waals surface area contributed by atoms with Gasteiger partial charge < -0.3 is 14.5 Å². The second-order valence-electron chi connectivity index (χ2n) is 7.98. The van der Waals surface area contributed by atoms with Crippen LogP contribution in [0.5, 0.6) is 0 Å². The summed E-state index contributed by atoms with van der Waals surface area (Å²) in [5.74, 6) is 0.541. The van der Waals surface area contributed by atoms with E-state index in [0.717, 1.165) is 52.2 Å². The van der Waals surface area contributed by atoms with Crippen molar-refractivity contribution >= 4 is 22.3 Å². The molecule has 5 nitrogen and oxygen atoms in total. The number of aromatic nitrogens is 2. The van der Waals surface area contributed by atoms with E-state index in [4.69, 9.17) is 4.74 Å². The topological polar surface area (TPSA) is 44.4 Å². The van der Waals surface area contributed by atoms with Gasteiger partial charge in [-0.15, -0.1) is 0 Å². The van der Waals surface area contributed by atoms with Gasteiger partial charge in [0.25, 0.3) is 0 Å². The number of aryl methyl sites for hydroxylation is 1. The Bertz CT molecular complexity index is 935. The molecule has 2 fully saturated rings. The van der Waals surface area contributed by atoms with Crippen LogP contribution in [0.15, 0.2) is 42.5 Å². The Labute approximate surface area is 166 Å². The third kappa shape index (κ3) is 3.24. The maximum atomic E-state index is 5.46. The van der Waals surface area contributed by atoms with Crippen LogP contribution in [0.4, 0.5) is 11.4 Å². The maximum absolute atomic E-state index is 5.46. The quantitative estimate of drug-likeness (QED) is 0.748. The molecular formula is C23H28N4O. The van der Waals surface area contributed by atoms with E-state index in [9.17, 15) is 0 Å². The lowest BCUT2D eigenvalue weighted by Gasteiger charge is -2.34. The van der Waals surface area contributed by atoms with Crippen LogP contribution in [-0.2, 0) is 4.74 Å². The van der Waals surface area contributed by atoms with Gasteiger partial charge in [-0.25, -0.2) is 0 Å². The number of H-pyrrole nitrogens is 1. The predicted octanol–water partition coefficient (Wildman–Crippen LogP) is 4.09. The first-order valence-electron chi connectivity index (χ1n) is 10.4. The molecule has 0 aliphatic carbocycles. The standard InChI is InChI=1S/C23H28N4O/c1-17-3-2-4-21-22(17)24-25-23(21)18-9-11-26(12-10-18)19-5-7-20(8-6-19)27-13-15-28-16-14-27/h2-8,18H,9-16H2,1H3,(H,24,25). The molecule has 1 aromatic heterocycles. The fourth-order valence-corrected chi connectivity index (χ4v) is 4.62. The van der Waals surface area contributed by atoms with Crippen molar-refractivity contribution in [2.45, 2.75) is 25.7 Å². The summed E-state index contributed by atoms with van der Waals surface area (Å²) in [5.41, 5.74) is 6.35. The second kappa shape index (κ2) is 7.47. The highest BCUT2D eigenvalue weighted by Crippen LogP contribution is 2.34. The van der Waals surface area contributed by atoms with Gasteiger partial charge in [0, 0.05) is 48.9 Å². The van der Waals surface area contributed by atoms with Crippen molar-refractivity contribution < 1.29 is 4.74 Å². The van der Waals surface area contributed by atoms with Crippen molar-refractivity contribution in [1.29, 1.82) is 0 Å². The van der Waals surface area contributed by atoms with Gasteiger partial charge in [-0.1, -0.05) is 18.2 Å². The molecule has 0 amide bonds. The van der Waals surface area contributed by atoms with Gasteiger partial charge in [0.05, 0.1) is 24.4 Å². The Balaban J connectivity index is 1.26. The molecule has 0 saturated carbocycles. The zero-order chi connectivity index (χ0) is 18.9. The predicted molar refractivity (Wildman–Crippen MR) is 114 cm³/mol. The van der Waals surface area contributed by atoms with E-state index in [1.807, 2.05) is 0 Å². The molecule has 3 aromatic rings. The van der Waals surface area contributed by atoms with Gasteiger partial charge in [-0.2, -0.15) is 5.10 Å². The first-order valence-corrected chi connectivity index (χ1v) is 10.4. The minimum Gasteiger partial charge on any atom is -0.378 e. The fourth-order valence-electron chi connectivity index (χ4n) is 4.62. The Hall–Kier alpha value is -2.53. The highest BCUT2D eigenvalue weighted by Gasteiger charge is 2.24. The van der Waals surface area contributed by atoms with Crippen molar-refractivity contribution in [2.24, 2.45) is 0 Å². The van der Waals surface area contributed by atoms with E-state index in [0.29, 0.717) is 5.92 Å². The van der Waals surface area contributed by atoms with Crippen molar-refractivity contribution in [1.82, 2.24) is 10.2 Å². The smallest absolute Gasteiger partial charge is 0.0733 e. The number of nitrogens with zero attached hydrogens (tertiary/aromatic N) is 3. The van der Waals surface area contributed by atoms with Gasteiger partial charge in [0.15, 0.2) is 0 Å². The number of nitrogens with one attached hydrogen (secondary N) is 1. The number of hydrogen-bond donors (Lipinski definition) is 1. The number of anilines is 2. The number of piperidine rings is 1. The number of ether oxygens (including phenoxy) is 1. The Morgan fingerprint density at radius 1 is 0.893 bits per heavy atom. The highest BCUT2D eigenvalue weighted by molar-refractivity contribution is 5.84. The third-order valence-corrected chi connectivity index (χ3v) is 6.31. The third-order valence-electron chi connectivity index (χ3n) is 6.31. The van der Waals surface area contributed by atoms with Gasteiger partial charge in [-0.3, -0.25) is 5.10 Å². The Morgan fingerprint density at radius 2 is 1.54 bits per heavy atom. The summed E-state index contributed by atoms with van der Waals surface area (Å²) in [4.78, 5) is 4.92. The van der Waals surface area contributed by atoms with E-state index in [2.05, 4.69) is 69.4 Å². The first-order chi connectivity index (χ1) is 13.8.